The van der Waals surface area contributed by atoms with Crippen LogP contribution in [-0.2, 0) is 28.2 Å². The van der Waals surface area contributed by atoms with Crippen molar-refractivity contribution in [2.75, 3.05) is 26.4 Å². The molecule has 1 N–H and O–H groups in total. The van der Waals surface area contributed by atoms with E-state index in [0.29, 0.717) is 5.57 Å². The Bertz CT molecular complexity index is 811. The van der Waals surface area contributed by atoms with Crippen molar-refractivity contribution in [2.24, 2.45) is 11.8 Å². The van der Waals surface area contributed by atoms with Gasteiger partial charge in [-0.2, -0.15) is 0 Å². The maximum absolute atomic E-state index is 13.5. The summed E-state index contributed by atoms with van der Waals surface area (Å²) < 4.78 is 26.2. The molecule has 0 aromatic heterocycles. The molecule has 10 heteroatoms. The Morgan fingerprint density at radius 3 is 1.65 bits per heavy atom. The van der Waals surface area contributed by atoms with Gasteiger partial charge in [-0.25, -0.2) is 9.59 Å². The lowest BCUT2D eigenvalue weighted by molar-refractivity contribution is -0.130. The van der Waals surface area contributed by atoms with Crippen LogP contribution in [0.4, 0.5) is 9.59 Å². The van der Waals surface area contributed by atoms with Crippen LogP contribution < -0.4 is 0 Å². The number of rotatable bonds is 14. The summed E-state index contributed by atoms with van der Waals surface area (Å²) in [5.41, 5.74) is 1.26. The Morgan fingerprint density at radius 1 is 0.811 bits per heavy atom. The second-order valence-corrected chi connectivity index (χ2v) is 15.4. The number of Topliss-reactive ketones (excluding diaryl/α,β-unsaturated/α-hetero) is 1. The molecule has 214 valence electrons. The molecule has 0 aliphatic rings. The van der Waals surface area contributed by atoms with E-state index in [2.05, 4.69) is 33.9 Å². The zero-order chi connectivity index (χ0) is 29.0. The third-order valence-electron chi connectivity index (χ3n) is 6.71. The highest BCUT2D eigenvalue weighted by molar-refractivity contribution is 6.74. The van der Waals surface area contributed by atoms with E-state index in [-0.39, 0.29) is 37.2 Å². The number of ether oxygens (including phenoxy) is 4. The van der Waals surface area contributed by atoms with E-state index in [4.69, 9.17) is 23.4 Å². The summed E-state index contributed by atoms with van der Waals surface area (Å²) in [5.74, 6) is -1.49. The molecule has 0 amide bonds. The third kappa shape index (κ3) is 11.8. The van der Waals surface area contributed by atoms with Crippen LogP contribution in [0.3, 0.4) is 0 Å². The van der Waals surface area contributed by atoms with E-state index in [1.165, 1.54) is 0 Å². The first-order valence-electron chi connectivity index (χ1n) is 12.8. The number of ketones is 1. The highest BCUT2D eigenvalue weighted by atomic mass is 28.4. The Kier molecular flexibility index (Phi) is 15.0. The van der Waals surface area contributed by atoms with E-state index < -0.39 is 44.7 Å². The van der Waals surface area contributed by atoms with Crippen molar-refractivity contribution in [1.82, 2.24) is 0 Å². The van der Waals surface area contributed by atoms with Gasteiger partial charge in [0.15, 0.2) is 8.32 Å². The quantitative estimate of drug-likeness (QED) is 0.164. The summed E-state index contributed by atoms with van der Waals surface area (Å²) in [7, 11) is -2.29. The van der Waals surface area contributed by atoms with Crippen molar-refractivity contribution < 1.29 is 42.9 Å². The van der Waals surface area contributed by atoms with Crippen LogP contribution in [0.2, 0.25) is 18.1 Å². The normalized spacial score (nSPS) is 16.3. The molecule has 0 heterocycles. The molecule has 0 aliphatic carbocycles. The minimum absolute atomic E-state index is 0.0105. The fraction of sp³-hybridized carbons (Fsp3) is 0.741. The van der Waals surface area contributed by atoms with E-state index in [1.54, 1.807) is 46.8 Å². The summed E-state index contributed by atoms with van der Waals surface area (Å²) in [6.07, 6.45) is 0.0905. The maximum Gasteiger partial charge on any atom is 0.508 e. The smallest absolute Gasteiger partial charge is 0.435 e. The largest absolute Gasteiger partial charge is 0.508 e. The molecular weight excluding hydrogens is 496 g/mol. The van der Waals surface area contributed by atoms with Crippen LogP contribution in [0.25, 0.3) is 0 Å². The van der Waals surface area contributed by atoms with Crippen LogP contribution in [0, 0.1) is 11.8 Å². The van der Waals surface area contributed by atoms with Gasteiger partial charge in [0.1, 0.15) is 19.0 Å². The number of carbonyl (C=O) groups is 3. The van der Waals surface area contributed by atoms with Crippen molar-refractivity contribution in [3.8, 4) is 0 Å². The van der Waals surface area contributed by atoms with Gasteiger partial charge >= 0.3 is 12.3 Å². The predicted molar refractivity (Wildman–Crippen MR) is 145 cm³/mol. The molecule has 0 radical (unpaired) electrons. The van der Waals surface area contributed by atoms with Gasteiger partial charge < -0.3 is 28.5 Å². The minimum Gasteiger partial charge on any atom is -0.435 e. The lowest BCUT2D eigenvalue weighted by Gasteiger charge is -2.41. The van der Waals surface area contributed by atoms with E-state index in [1.807, 2.05) is 6.92 Å². The zero-order valence-corrected chi connectivity index (χ0v) is 25.5. The van der Waals surface area contributed by atoms with E-state index >= 15 is 0 Å². The predicted octanol–water partition coefficient (Wildman–Crippen LogP) is 5.82. The number of aliphatic hydroxyl groups is 1. The highest BCUT2D eigenvalue weighted by Crippen LogP contribution is 2.39. The zero-order valence-electron chi connectivity index (χ0n) is 24.5. The van der Waals surface area contributed by atoms with E-state index in [0.717, 1.165) is 5.57 Å². The van der Waals surface area contributed by atoms with Crippen molar-refractivity contribution in [2.45, 2.75) is 92.7 Å². The fourth-order valence-electron chi connectivity index (χ4n) is 3.24. The number of carbonyl (C=O) groups excluding carboxylic acids is 3. The molecule has 9 nitrogen and oxygen atoms in total. The summed E-state index contributed by atoms with van der Waals surface area (Å²) >= 11 is 0. The Labute approximate surface area is 223 Å². The SMILES string of the molecule is CCOC(=O)OC/C=C(\C)[C@H](O)[C@H](C)C(=O)[C@H](C)[C@@H](O[Si](C)(C)C(C)(C)C)/C(C)=C/COC(=O)OCC. The summed E-state index contributed by atoms with van der Waals surface area (Å²) in [5, 5.41) is 10.7. The molecule has 0 aliphatic heterocycles. The highest BCUT2D eigenvalue weighted by Gasteiger charge is 2.42. The molecule has 0 aromatic carbocycles. The standard InChI is InChI=1S/C27H48O9Si/c1-12-32-25(30)34-16-14-18(3)22(28)20(5)23(29)21(6)24(36-37(10,11)27(7,8)9)19(4)15-17-35-26(31)33-13-2/h14-15,20-22,24,28H,12-13,16-17H2,1-11H3/b18-14+,19-15+/t20-,21-,22-,24-/m0/s1. The molecule has 0 unspecified atom stereocenters. The molecule has 0 bridgehead atoms. The minimum atomic E-state index is -2.29. The van der Waals surface area contributed by atoms with Gasteiger partial charge in [0.05, 0.1) is 25.4 Å². The molecule has 0 saturated heterocycles. The van der Waals surface area contributed by atoms with Crippen molar-refractivity contribution in [1.29, 1.82) is 0 Å². The van der Waals surface area contributed by atoms with E-state index in [9.17, 15) is 19.5 Å². The Balaban J connectivity index is 5.73. The molecule has 0 aromatic rings. The van der Waals surface area contributed by atoms with Crippen molar-refractivity contribution >= 4 is 26.4 Å². The van der Waals surface area contributed by atoms with Crippen molar-refractivity contribution in [3.63, 3.8) is 0 Å². The number of aliphatic hydroxyl groups excluding tert-OH is 1. The first kappa shape index (κ1) is 34.8. The molecule has 0 fully saturated rings. The van der Waals surface area contributed by atoms with Crippen molar-refractivity contribution in [3.05, 3.63) is 23.3 Å². The lowest BCUT2D eigenvalue weighted by Crippen LogP contribution is -2.48. The molecule has 0 saturated carbocycles. The Hall–Kier alpha value is -2.17. The van der Waals surface area contributed by atoms with Crippen LogP contribution >= 0.6 is 0 Å². The van der Waals surface area contributed by atoms with Crippen LogP contribution in [0.5, 0.6) is 0 Å². The maximum atomic E-state index is 13.5. The van der Waals surface area contributed by atoms with Gasteiger partial charge in [-0.3, -0.25) is 4.79 Å². The molecular formula is C27H48O9Si. The average Bonchev–Trinajstić information content (AvgIpc) is 2.80. The summed E-state index contributed by atoms with van der Waals surface area (Å²) in [6.45, 7) is 21.2. The van der Waals surface area contributed by atoms with Gasteiger partial charge in [0.25, 0.3) is 0 Å². The molecule has 0 rings (SSSR count). The third-order valence-corrected chi connectivity index (χ3v) is 11.2. The van der Waals surface area contributed by atoms with Gasteiger partial charge in [-0.15, -0.1) is 0 Å². The van der Waals surface area contributed by atoms with Crippen LogP contribution in [-0.4, -0.2) is 70.2 Å². The van der Waals surface area contributed by atoms with Gasteiger partial charge in [-0.1, -0.05) is 34.6 Å². The molecule has 0 spiro atoms. The molecule has 37 heavy (non-hydrogen) atoms. The Morgan fingerprint density at radius 2 is 1.24 bits per heavy atom. The second-order valence-electron chi connectivity index (χ2n) is 10.6. The van der Waals surface area contributed by atoms with Crippen LogP contribution in [0.1, 0.15) is 62.3 Å². The summed E-state index contributed by atoms with van der Waals surface area (Å²) in [6, 6.07) is 0. The van der Waals surface area contributed by atoms with Gasteiger partial charge in [-0.05, 0) is 69.1 Å². The molecule has 4 atom stereocenters. The fourth-order valence-corrected chi connectivity index (χ4v) is 4.61. The monoisotopic (exact) mass is 544 g/mol. The number of hydrogen-bond donors (Lipinski definition) is 1. The lowest BCUT2D eigenvalue weighted by atomic mass is 9.84. The average molecular weight is 545 g/mol. The second kappa shape index (κ2) is 15.9. The van der Waals surface area contributed by atoms with Crippen LogP contribution in [0.15, 0.2) is 23.3 Å². The first-order valence-corrected chi connectivity index (χ1v) is 15.7. The first-order chi connectivity index (χ1) is 17.0. The van der Waals surface area contributed by atoms with Gasteiger partial charge in [0, 0.05) is 11.8 Å². The topological polar surface area (TPSA) is 118 Å². The summed E-state index contributed by atoms with van der Waals surface area (Å²) in [4.78, 5) is 36.4. The number of hydrogen-bond acceptors (Lipinski definition) is 9. The van der Waals surface area contributed by atoms with Gasteiger partial charge in [0.2, 0.25) is 0 Å².